The topological polar surface area (TPSA) is 61.8 Å². The average molecular weight is 224 g/mol. The molecule has 5 heteroatoms. The van der Waals surface area contributed by atoms with Crippen molar-refractivity contribution in [2.45, 2.75) is 6.61 Å². The Morgan fingerprint density at radius 2 is 2.12 bits per heavy atom. The molecule has 0 aliphatic heterocycles. The first-order valence-corrected chi connectivity index (χ1v) is 5.01. The van der Waals surface area contributed by atoms with Crippen LogP contribution >= 0.6 is 0 Å². The molecule has 5 nitrogen and oxygen atoms in total. The van der Waals surface area contributed by atoms with Crippen LogP contribution in [-0.2, 0) is 11.4 Å². The molecule has 0 aliphatic carbocycles. The van der Waals surface area contributed by atoms with E-state index in [0.717, 1.165) is 5.56 Å². The van der Waals surface area contributed by atoms with E-state index in [9.17, 15) is 4.79 Å². The number of aliphatic hydroxyl groups excluding tert-OH is 1. The third kappa shape index (κ3) is 4.29. The van der Waals surface area contributed by atoms with E-state index in [0.29, 0.717) is 6.61 Å². The Morgan fingerprint density at radius 3 is 2.75 bits per heavy atom. The van der Waals surface area contributed by atoms with Crippen LogP contribution in [0.2, 0.25) is 0 Å². The summed E-state index contributed by atoms with van der Waals surface area (Å²) in [7, 11) is 1.58. The second kappa shape index (κ2) is 6.81. The molecule has 1 rings (SSSR count). The molecule has 0 saturated heterocycles. The second-order valence-corrected chi connectivity index (χ2v) is 3.33. The van der Waals surface area contributed by atoms with Crippen LogP contribution in [0.15, 0.2) is 30.3 Å². The number of carbonyl (C=O) groups is 1. The lowest BCUT2D eigenvalue weighted by atomic mass is 10.2. The standard InChI is InChI=1S/C11H16N2O3/c1-13(7-8-14)11(15)12-16-9-10-5-3-2-4-6-10/h2-6,14H,7-9H2,1H3,(H,12,15). The van der Waals surface area contributed by atoms with Crippen molar-refractivity contribution in [3.8, 4) is 0 Å². The number of urea groups is 1. The molecule has 16 heavy (non-hydrogen) atoms. The number of likely N-dealkylation sites (N-methyl/N-ethyl adjacent to an activating group) is 1. The second-order valence-electron chi connectivity index (χ2n) is 3.33. The van der Waals surface area contributed by atoms with Crippen LogP contribution in [0, 0.1) is 0 Å². The van der Waals surface area contributed by atoms with E-state index in [4.69, 9.17) is 9.94 Å². The molecule has 0 radical (unpaired) electrons. The summed E-state index contributed by atoms with van der Waals surface area (Å²) in [6.45, 7) is 0.530. The molecule has 2 amide bonds. The van der Waals surface area contributed by atoms with Gasteiger partial charge < -0.3 is 10.0 Å². The highest BCUT2D eigenvalue weighted by atomic mass is 16.7. The number of hydrogen-bond acceptors (Lipinski definition) is 3. The summed E-state index contributed by atoms with van der Waals surface area (Å²) < 4.78 is 0. The van der Waals surface area contributed by atoms with E-state index in [1.807, 2.05) is 30.3 Å². The summed E-state index contributed by atoms with van der Waals surface area (Å²) in [6, 6.07) is 9.16. The number of carbonyl (C=O) groups excluding carboxylic acids is 1. The molecule has 0 heterocycles. The minimum Gasteiger partial charge on any atom is -0.395 e. The fraction of sp³-hybridized carbons (Fsp3) is 0.364. The fourth-order valence-corrected chi connectivity index (χ4v) is 1.08. The van der Waals surface area contributed by atoms with Crippen molar-refractivity contribution in [3.63, 3.8) is 0 Å². The summed E-state index contributed by atoms with van der Waals surface area (Å²) in [5, 5.41) is 8.63. The third-order valence-corrected chi connectivity index (χ3v) is 2.02. The minimum absolute atomic E-state index is 0.0669. The van der Waals surface area contributed by atoms with E-state index in [2.05, 4.69) is 5.48 Å². The molecule has 0 aliphatic rings. The maximum absolute atomic E-state index is 11.3. The molecular formula is C11H16N2O3. The molecule has 1 aromatic rings. The minimum atomic E-state index is -0.370. The fourth-order valence-electron chi connectivity index (χ4n) is 1.08. The van der Waals surface area contributed by atoms with Crippen LogP contribution in [0.25, 0.3) is 0 Å². The van der Waals surface area contributed by atoms with Gasteiger partial charge in [0.25, 0.3) is 0 Å². The Morgan fingerprint density at radius 1 is 1.44 bits per heavy atom. The van der Waals surface area contributed by atoms with Gasteiger partial charge in [0.1, 0.15) is 0 Å². The summed E-state index contributed by atoms with van der Waals surface area (Å²) in [5.41, 5.74) is 3.27. The lowest BCUT2D eigenvalue weighted by Gasteiger charge is -2.16. The lowest BCUT2D eigenvalue weighted by Crippen LogP contribution is -2.38. The largest absolute Gasteiger partial charge is 0.395 e. The SMILES string of the molecule is CN(CCO)C(=O)NOCc1ccccc1. The summed E-state index contributed by atoms with van der Waals surface area (Å²) in [4.78, 5) is 17.7. The number of aliphatic hydroxyl groups is 1. The zero-order valence-electron chi connectivity index (χ0n) is 9.22. The lowest BCUT2D eigenvalue weighted by molar-refractivity contribution is 0.0375. The number of nitrogens with one attached hydrogen (secondary N) is 1. The van der Waals surface area contributed by atoms with Crippen molar-refractivity contribution in [3.05, 3.63) is 35.9 Å². The number of hydroxylamine groups is 1. The van der Waals surface area contributed by atoms with Crippen LogP contribution in [0.4, 0.5) is 4.79 Å². The highest BCUT2D eigenvalue weighted by Gasteiger charge is 2.06. The van der Waals surface area contributed by atoms with Crippen LogP contribution in [-0.4, -0.2) is 36.2 Å². The highest BCUT2D eigenvalue weighted by Crippen LogP contribution is 1.99. The predicted molar refractivity (Wildman–Crippen MR) is 59.5 cm³/mol. The molecule has 0 fully saturated rings. The van der Waals surface area contributed by atoms with E-state index >= 15 is 0 Å². The first kappa shape index (κ1) is 12.5. The number of benzene rings is 1. The number of hydrogen-bond donors (Lipinski definition) is 2. The quantitative estimate of drug-likeness (QED) is 0.725. The molecular weight excluding hydrogens is 208 g/mol. The summed E-state index contributed by atoms with van der Waals surface area (Å²) in [5.74, 6) is 0. The summed E-state index contributed by atoms with van der Waals surface area (Å²) in [6.07, 6.45) is 0. The van der Waals surface area contributed by atoms with Gasteiger partial charge >= 0.3 is 6.03 Å². The van der Waals surface area contributed by atoms with Crippen molar-refractivity contribution >= 4 is 6.03 Å². The Labute approximate surface area is 94.6 Å². The maximum Gasteiger partial charge on any atom is 0.341 e. The van der Waals surface area contributed by atoms with Gasteiger partial charge in [0, 0.05) is 13.6 Å². The molecule has 2 N–H and O–H groups in total. The van der Waals surface area contributed by atoms with Gasteiger partial charge in [0.15, 0.2) is 0 Å². The number of nitrogens with zero attached hydrogens (tertiary/aromatic N) is 1. The van der Waals surface area contributed by atoms with Crippen LogP contribution in [0.3, 0.4) is 0 Å². The van der Waals surface area contributed by atoms with Gasteiger partial charge in [-0.05, 0) is 5.56 Å². The molecule has 0 bridgehead atoms. The smallest absolute Gasteiger partial charge is 0.341 e. The Hall–Kier alpha value is -1.59. The molecule has 88 valence electrons. The normalized spacial score (nSPS) is 9.88. The van der Waals surface area contributed by atoms with E-state index in [-0.39, 0.29) is 19.2 Å². The van der Waals surface area contributed by atoms with Crippen molar-refractivity contribution in [1.29, 1.82) is 0 Å². The van der Waals surface area contributed by atoms with Gasteiger partial charge in [0.05, 0.1) is 13.2 Å². The monoisotopic (exact) mass is 224 g/mol. The molecule has 0 unspecified atom stereocenters. The molecule has 0 atom stereocenters. The van der Waals surface area contributed by atoms with Gasteiger partial charge in [-0.2, -0.15) is 0 Å². The van der Waals surface area contributed by atoms with E-state index < -0.39 is 0 Å². The third-order valence-electron chi connectivity index (χ3n) is 2.02. The Balaban J connectivity index is 2.23. The van der Waals surface area contributed by atoms with Gasteiger partial charge in [-0.1, -0.05) is 30.3 Å². The van der Waals surface area contributed by atoms with Gasteiger partial charge in [0.2, 0.25) is 0 Å². The van der Waals surface area contributed by atoms with Gasteiger partial charge in [-0.25, -0.2) is 10.3 Å². The summed E-state index contributed by atoms with van der Waals surface area (Å²) >= 11 is 0. The molecule has 0 saturated carbocycles. The van der Waals surface area contributed by atoms with Crippen LogP contribution in [0.5, 0.6) is 0 Å². The number of amides is 2. The van der Waals surface area contributed by atoms with Crippen molar-refractivity contribution < 1.29 is 14.7 Å². The first-order valence-electron chi connectivity index (χ1n) is 5.01. The van der Waals surface area contributed by atoms with Crippen LogP contribution < -0.4 is 5.48 Å². The maximum atomic E-state index is 11.3. The van der Waals surface area contributed by atoms with Crippen molar-refractivity contribution in [2.75, 3.05) is 20.2 Å². The average Bonchev–Trinajstić information content (AvgIpc) is 2.30. The highest BCUT2D eigenvalue weighted by molar-refractivity contribution is 5.72. The number of rotatable bonds is 5. The van der Waals surface area contributed by atoms with Crippen molar-refractivity contribution in [1.82, 2.24) is 10.4 Å². The Bertz CT molecular complexity index is 316. The van der Waals surface area contributed by atoms with Gasteiger partial charge in [-0.3, -0.25) is 4.84 Å². The first-order chi connectivity index (χ1) is 7.74. The predicted octanol–water partition coefficient (Wildman–Crippen LogP) is 0.752. The zero-order valence-corrected chi connectivity index (χ0v) is 9.22. The zero-order chi connectivity index (χ0) is 11.8. The van der Waals surface area contributed by atoms with E-state index in [1.165, 1.54) is 4.90 Å². The van der Waals surface area contributed by atoms with Crippen LogP contribution in [0.1, 0.15) is 5.56 Å². The van der Waals surface area contributed by atoms with Crippen molar-refractivity contribution in [2.24, 2.45) is 0 Å². The molecule has 0 spiro atoms. The Kier molecular flexibility index (Phi) is 5.31. The van der Waals surface area contributed by atoms with Gasteiger partial charge in [-0.15, -0.1) is 0 Å². The van der Waals surface area contributed by atoms with E-state index in [1.54, 1.807) is 7.05 Å². The molecule has 1 aromatic carbocycles. The molecule has 0 aromatic heterocycles.